The number of rotatable bonds is 8. The van der Waals surface area contributed by atoms with Crippen LogP contribution in [0.15, 0.2) is 59.5 Å². The maximum Gasteiger partial charge on any atom is 0.341 e. The summed E-state index contributed by atoms with van der Waals surface area (Å²) in [5.41, 5.74) is 1.22. The molecule has 30 heavy (non-hydrogen) atoms. The summed E-state index contributed by atoms with van der Waals surface area (Å²) >= 11 is 0. The number of nitrogens with one attached hydrogen (secondary N) is 1. The van der Waals surface area contributed by atoms with Crippen LogP contribution in [-0.4, -0.2) is 44.6 Å². The summed E-state index contributed by atoms with van der Waals surface area (Å²) in [5.74, 6) is -3.33. The van der Waals surface area contributed by atoms with Gasteiger partial charge in [-0.1, -0.05) is 42.5 Å². The molecule has 162 valence electrons. The Morgan fingerprint density at radius 1 is 1.03 bits per heavy atom. The third-order valence-corrected chi connectivity index (χ3v) is 6.90. The van der Waals surface area contributed by atoms with E-state index in [0.717, 1.165) is 44.8 Å². The lowest BCUT2D eigenvalue weighted by atomic mass is 9.90. The molecule has 2 aromatic rings. The lowest BCUT2D eigenvalue weighted by molar-refractivity contribution is -0.117. The Morgan fingerprint density at radius 3 is 2.33 bits per heavy atom. The van der Waals surface area contributed by atoms with E-state index >= 15 is 0 Å². The Bertz CT molecular complexity index is 944. The van der Waals surface area contributed by atoms with Gasteiger partial charge in [-0.25, -0.2) is 8.42 Å². The van der Waals surface area contributed by atoms with Crippen LogP contribution in [0.25, 0.3) is 0 Å². The van der Waals surface area contributed by atoms with Crippen molar-refractivity contribution < 1.29 is 22.0 Å². The SMILES string of the molecule is O=C(CN1CCC(CCc2ccccc2)CC1)Nc1ccccc1S(=O)(=O)C(F)F. The number of sulfone groups is 1. The van der Waals surface area contributed by atoms with Crippen molar-refractivity contribution in [2.75, 3.05) is 25.0 Å². The first kappa shape index (κ1) is 22.4. The molecular weight excluding hydrogens is 410 g/mol. The average Bonchev–Trinajstić information content (AvgIpc) is 2.74. The highest BCUT2D eigenvalue weighted by Gasteiger charge is 2.29. The molecule has 0 spiro atoms. The summed E-state index contributed by atoms with van der Waals surface area (Å²) < 4.78 is 49.4. The fraction of sp³-hybridized carbons (Fsp3) is 0.409. The molecule has 1 N–H and O–H groups in total. The number of carbonyl (C=O) groups excluding carboxylic acids is 1. The second-order valence-corrected chi connectivity index (χ2v) is 9.48. The molecule has 0 radical (unpaired) electrons. The standard InChI is InChI=1S/C22H26F2N2O3S/c23-22(24)30(28,29)20-9-5-4-8-19(20)25-21(27)16-26-14-12-18(13-15-26)11-10-17-6-2-1-3-7-17/h1-9,18,22H,10-16H2,(H,25,27). The number of nitrogens with zero attached hydrogens (tertiary/aromatic N) is 1. The van der Waals surface area contributed by atoms with Gasteiger partial charge in [-0.2, -0.15) is 8.78 Å². The van der Waals surface area contributed by atoms with Crippen LogP contribution in [0.5, 0.6) is 0 Å². The van der Waals surface area contributed by atoms with E-state index in [1.807, 2.05) is 23.1 Å². The van der Waals surface area contributed by atoms with Crippen molar-refractivity contribution >= 4 is 21.4 Å². The van der Waals surface area contributed by atoms with Crippen LogP contribution in [0.3, 0.4) is 0 Å². The van der Waals surface area contributed by atoms with Crippen LogP contribution < -0.4 is 5.32 Å². The van der Waals surface area contributed by atoms with Gasteiger partial charge in [0.15, 0.2) is 0 Å². The number of hydrogen-bond acceptors (Lipinski definition) is 4. The Kier molecular flexibility index (Phi) is 7.55. The Morgan fingerprint density at radius 2 is 1.67 bits per heavy atom. The zero-order valence-electron chi connectivity index (χ0n) is 16.6. The van der Waals surface area contributed by atoms with E-state index in [-0.39, 0.29) is 12.2 Å². The minimum atomic E-state index is -4.78. The third-order valence-electron chi connectivity index (χ3n) is 5.46. The minimum Gasteiger partial charge on any atom is -0.324 e. The molecule has 2 aromatic carbocycles. The summed E-state index contributed by atoms with van der Waals surface area (Å²) in [7, 11) is -4.78. The van der Waals surface area contributed by atoms with Gasteiger partial charge in [-0.15, -0.1) is 0 Å². The number of para-hydroxylation sites is 1. The lowest BCUT2D eigenvalue weighted by Gasteiger charge is -2.31. The normalized spacial score (nSPS) is 16.0. The van der Waals surface area contributed by atoms with E-state index in [0.29, 0.717) is 5.92 Å². The summed E-state index contributed by atoms with van der Waals surface area (Å²) in [5, 5.41) is 2.48. The van der Waals surface area contributed by atoms with E-state index in [9.17, 15) is 22.0 Å². The molecule has 1 fully saturated rings. The number of aryl methyl sites for hydroxylation is 1. The summed E-state index contributed by atoms with van der Waals surface area (Å²) in [6.07, 6.45) is 4.15. The van der Waals surface area contributed by atoms with Gasteiger partial charge in [0.25, 0.3) is 0 Å². The van der Waals surface area contributed by atoms with Gasteiger partial charge in [0.1, 0.15) is 0 Å². The highest BCUT2D eigenvalue weighted by Crippen LogP contribution is 2.26. The van der Waals surface area contributed by atoms with Crippen molar-refractivity contribution in [1.82, 2.24) is 4.90 Å². The molecule has 0 aliphatic carbocycles. The predicted octanol–water partition coefficient (Wildman–Crippen LogP) is 3.97. The molecule has 1 aliphatic rings. The number of alkyl halides is 2. The number of likely N-dealkylation sites (tertiary alicyclic amines) is 1. The number of carbonyl (C=O) groups is 1. The van der Waals surface area contributed by atoms with Crippen molar-refractivity contribution in [2.24, 2.45) is 5.92 Å². The molecule has 1 amide bonds. The lowest BCUT2D eigenvalue weighted by Crippen LogP contribution is -2.39. The van der Waals surface area contributed by atoms with Crippen molar-refractivity contribution in [3.05, 3.63) is 60.2 Å². The Labute approximate surface area is 176 Å². The smallest absolute Gasteiger partial charge is 0.324 e. The molecule has 1 saturated heterocycles. The van der Waals surface area contributed by atoms with E-state index < -0.39 is 26.4 Å². The molecule has 0 saturated carbocycles. The number of halogens is 2. The molecule has 0 atom stereocenters. The molecule has 3 rings (SSSR count). The maximum atomic E-state index is 12.9. The van der Waals surface area contributed by atoms with Crippen LogP contribution in [0, 0.1) is 5.92 Å². The van der Waals surface area contributed by atoms with E-state index in [2.05, 4.69) is 17.4 Å². The quantitative estimate of drug-likeness (QED) is 0.680. The first-order valence-corrected chi connectivity index (χ1v) is 11.6. The second kappa shape index (κ2) is 10.1. The molecule has 0 bridgehead atoms. The summed E-state index contributed by atoms with van der Waals surface area (Å²) in [4.78, 5) is 13.8. The van der Waals surface area contributed by atoms with Crippen molar-refractivity contribution in [3.63, 3.8) is 0 Å². The molecule has 1 aliphatic heterocycles. The topological polar surface area (TPSA) is 66.5 Å². The zero-order valence-corrected chi connectivity index (χ0v) is 17.5. The number of hydrogen-bond donors (Lipinski definition) is 1. The van der Waals surface area contributed by atoms with Gasteiger partial charge in [-0.3, -0.25) is 9.69 Å². The van der Waals surface area contributed by atoms with Crippen LogP contribution in [0.1, 0.15) is 24.8 Å². The van der Waals surface area contributed by atoms with Crippen LogP contribution in [0.4, 0.5) is 14.5 Å². The van der Waals surface area contributed by atoms with Crippen molar-refractivity contribution in [2.45, 2.75) is 36.3 Å². The van der Waals surface area contributed by atoms with Crippen molar-refractivity contribution in [1.29, 1.82) is 0 Å². The van der Waals surface area contributed by atoms with Crippen LogP contribution >= 0.6 is 0 Å². The molecule has 8 heteroatoms. The maximum absolute atomic E-state index is 12.9. The first-order valence-electron chi connectivity index (χ1n) is 10.0. The molecular formula is C22H26F2N2O3S. The van der Waals surface area contributed by atoms with Gasteiger partial charge < -0.3 is 5.32 Å². The Hall–Kier alpha value is -2.32. The highest BCUT2D eigenvalue weighted by atomic mass is 32.2. The van der Waals surface area contributed by atoms with Gasteiger partial charge in [0.2, 0.25) is 15.7 Å². The number of amides is 1. The zero-order chi connectivity index (χ0) is 21.6. The number of benzene rings is 2. The molecule has 5 nitrogen and oxygen atoms in total. The molecule has 1 heterocycles. The largest absolute Gasteiger partial charge is 0.341 e. The highest BCUT2D eigenvalue weighted by molar-refractivity contribution is 7.91. The number of piperidine rings is 1. The van der Waals surface area contributed by atoms with Gasteiger partial charge >= 0.3 is 5.76 Å². The van der Waals surface area contributed by atoms with E-state index in [1.54, 1.807) is 0 Å². The monoisotopic (exact) mass is 436 g/mol. The fourth-order valence-electron chi connectivity index (χ4n) is 3.76. The van der Waals surface area contributed by atoms with Crippen molar-refractivity contribution in [3.8, 4) is 0 Å². The Balaban J connectivity index is 1.49. The average molecular weight is 437 g/mol. The first-order chi connectivity index (χ1) is 14.4. The van der Waals surface area contributed by atoms with Gasteiger partial charge in [-0.05, 0) is 62.4 Å². The summed E-state index contributed by atoms with van der Waals surface area (Å²) in [6.45, 7) is 1.67. The number of anilines is 1. The van der Waals surface area contributed by atoms with Crippen LogP contribution in [-0.2, 0) is 21.1 Å². The molecule has 0 aromatic heterocycles. The van der Waals surface area contributed by atoms with Gasteiger partial charge in [0, 0.05) is 0 Å². The third kappa shape index (κ3) is 5.86. The second-order valence-electron chi connectivity index (χ2n) is 7.59. The minimum absolute atomic E-state index is 0.106. The van der Waals surface area contributed by atoms with Gasteiger partial charge in [0.05, 0.1) is 17.1 Å². The van der Waals surface area contributed by atoms with E-state index in [4.69, 9.17) is 0 Å². The fourth-order valence-corrected chi connectivity index (χ4v) is 4.64. The van der Waals surface area contributed by atoms with E-state index in [1.165, 1.54) is 23.8 Å². The predicted molar refractivity (Wildman–Crippen MR) is 112 cm³/mol. The molecule has 0 unspecified atom stereocenters. The van der Waals surface area contributed by atoms with Crippen LogP contribution in [0.2, 0.25) is 0 Å². The summed E-state index contributed by atoms with van der Waals surface area (Å²) in [6, 6.07) is 15.6.